The number of hydrogen-bond donors (Lipinski definition) is 4. The SMILES string of the molecule is [B]C(O)(O)Nc1nc(NC2CCN(CC)CC2(F)F)nn2ccc(-c3ccc4nc(C)n(CC(F)F)c4n3)c12. The molecule has 4 aromatic heterocycles. The highest BCUT2D eigenvalue weighted by atomic mass is 19.3. The van der Waals surface area contributed by atoms with E-state index in [1.807, 2.05) is 6.92 Å². The molecule has 0 amide bonds. The molecule has 1 unspecified atom stereocenters. The van der Waals surface area contributed by atoms with Crippen molar-refractivity contribution in [2.24, 2.45) is 0 Å². The Balaban J connectivity index is 1.57. The molecular weight excluding hydrogens is 521 g/mol. The number of halogens is 4. The fourth-order valence-corrected chi connectivity index (χ4v) is 4.79. The van der Waals surface area contributed by atoms with Crippen LogP contribution >= 0.6 is 0 Å². The summed E-state index contributed by atoms with van der Waals surface area (Å²) in [6, 6.07) is 3.57. The Morgan fingerprint density at radius 3 is 2.64 bits per heavy atom. The molecule has 1 saturated heterocycles. The van der Waals surface area contributed by atoms with Crippen LogP contribution in [0.4, 0.5) is 29.3 Å². The number of alkyl halides is 4. The average molecular weight is 547 g/mol. The third-order valence-corrected chi connectivity index (χ3v) is 6.62. The number of aryl methyl sites for hydroxylation is 1. The molecule has 11 nitrogen and oxygen atoms in total. The molecule has 16 heteroatoms. The van der Waals surface area contributed by atoms with Gasteiger partial charge in [0.15, 0.2) is 25.1 Å². The van der Waals surface area contributed by atoms with Gasteiger partial charge in [-0.3, -0.25) is 4.90 Å². The number of rotatable bonds is 8. The Morgan fingerprint density at radius 2 is 1.97 bits per heavy atom. The van der Waals surface area contributed by atoms with Gasteiger partial charge in [-0.2, -0.15) is 4.98 Å². The summed E-state index contributed by atoms with van der Waals surface area (Å²) in [7, 11) is 5.35. The van der Waals surface area contributed by atoms with E-state index in [1.54, 1.807) is 30.0 Å². The number of piperidine rings is 1. The van der Waals surface area contributed by atoms with Crippen molar-refractivity contribution in [1.82, 2.24) is 34.0 Å². The first-order valence-corrected chi connectivity index (χ1v) is 12.2. The van der Waals surface area contributed by atoms with Crippen molar-refractivity contribution in [3.8, 4) is 11.3 Å². The lowest BCUT2D eigenvalue weighted by Crippen LogP contribution is -2.54. The summed E-state index contributed by atoms with van der Waals surface area (Å²) in [5, 5.41) is 28.9. The number of fused-ring (bicyclic) bond motifs is 2. The van der Waals surface area contributed by atoms with Gasteiger partial charge in [0, 0.05) is 18.3 Å². The molecule has 5 heterocycles. The van der Waals surface area contributed by atoms with Gasteiger partial charge in [0.2, 0.25) is 5.95 Å². The molecule has 1 aliphatic rings. The molecule has 1 aliphatic heterocycles. The molecule has 2 radical (unpaired) electrons. The zero-order valence-electron chi connectivity index (χ0n) is 21.1. The summed E-state index contributed by atoms with van der Waals surface area (Å²) >= 11 is 0. The first-order valence-electron chi connectivity index (χ1n) is 12.2. The second-order valence-corrected chi connectivity index (χ2v) is 9.47. The average Bonchev–Trinajstić information content (AvgIpc) is 3.39. The van der Waals surface area contributed by atoms with Crippen molar-refractivity contribution in [3.63, 3.8) is 0 Å². The quantitative estimate of drug-likeness (QED) is 0.149. The van der Waals surface area contributed by atoms with Crippen LogP contribution in [0.25, 0.3) is 27.9 Å². The second-order valence-electron chi connectivity index (χ2n) is 9.47. The Morgan fingerprint density at radius 1 is 1.21 bits per heavy atom. The van der Waals surface area contributed by atoms with Crippen molar-refractivity contribution < 1.29 is 27.8 Å². The molecule has 1 fully saturated rings. The van der Waals surface area contributed by atoms with Crippen molar-refractivity contribution in [3.05, 3.63) is 30.2 Å². The minimum atomic E-state index is -3.06. The Bertz CT molecular complexity index is 1500. The fraction of sp³-hybridized carbons (Fsp3) is 0.478. The van der Waals surface area contributed by atoms with Gasteiger partial charge < -0.3 is 25.4 Å². The van der Waals surface area contributed by atoms with Gasteiger partial charge in [0.05, 0.1) is 24.8 Å². The molecule has 0 bridgehead atoms. The third-order valence-electron chi connectivity index (χ3n) is 6.62. The molecule has 0 aliphatic carbocycles. The molecule has 39 heavy (non-hydrogen) atoms. The first kappa shape index (κ1) is 27.1. The van der Waals surface area contributed by atoms with E-state index in [1.165, 1.54) is 15.3 Å². The van der Waals surface area contributed by atoms with Gasteiger partial charge in [0.1, 0.15) is 16.9 Å². The van der Waals surface area contributed by atoms with Gasteiger partial charge in [-0.25, -0.2) is 32.0 Å². The van der Waals surface area contributed by atoms with E-state index in [4.69, 9.17) is 7.85 Å². The standard InChI is InChI=1S/C23H26BF4N9O2/c1-3-35-8-7-16(22(27,28)11-35)31-21-32-19(33-23(24,38)39)18-13(6-9-37(18)34-21)14-4-5-15-20(30-14)36(10-17(25)26)12(2)29-15/h4-6,9,16-17,38-39H,3,7-8,10-11H2,1-2H3,(H2,31,32,33,34). The third kappa shape index (κ3) is 5.49. The summed E-state index contributed by atoms with van der Waals surface area (Å²) in [6.45, 7) is 3.36. The van der Waals surface area contributed by atoms with Crippen LogP contribution in [0.1, 0.15) is 19.2 Å². The van der Waals surface area contributed by atoms with Crippen LogP contribution in [0.15, 0.2) is 24.4 Å². The predicted molar refractivity (Wildman–Crippen MR) is 136 cm³/mol. The number of pyridine rings is 1. The lowest BCUT2D eigenvalue weighted by molar-refractivity contribution is -0.0727. The van der Waals surface area contributed by atoms with Crippen LogP contribution in [-0.2, 0) is 6.54 Å². The lowest BCUT2D eigenvalue weighted by atomic mass is 10.0. The summed E-state index contributed by atoms with van der Waals surface area (Å²) < 4.78 is 58.5. The van der Waals surface area contributed by atoms with E-state index in [0.29, 0.717) is 35.7 Å². The number of nitrogens with zero attached hydrogens (tertiary/aromatic N) is 7. The summed E-state index contributed by atoms with van der Waals surface area (Å²) in [5.41, 5.74) is 1.55. The largest absolute Gasteiger partial charge is 0.358 e. The molecule has 1 atom stereocenters. The van der Waals surface area contributed by atoms with Gasteiger partial charge >= 0.3 is 0 Å². The van der Waals surface area contributed by atoms with Gasteiger partial charge in [-0.05, 0) is 38.1 Å². The van der Waals surface area contributed by atoms with Gasteiger partial charge in [-0.1, -0.05) is 6.92 Å². The van der Waals surface area contributed by atoms with Crippen LogP contribution in [0, 0.1) is 6.92 Å². The molecule has 0 saturated carbocycles. The zero-order valence-corrected chi connectivity index (χ0v) is 21.1. The van der Waals surface area contributed by atoms with Gasteiger partial charge in [-0.15, -0.1) is 5.10 Å². The number of nitrogens with one attached hydrogen (secondary N) is 2. The highest BCUT2D eigenvalue weighted by molar-refractivity contribution is 6.14. The smallest absolute Gasteiger partial charge is 0.280 e. The Labute approximate surface area is 221 Å². The minimum Gasteiger partial charge on any atom is -0.358 e. The molecule has 4 N–H and O–H groups in total. The molecule has 0 aromatic carbocycles. The highest BCUT2D eigenvalue weighted by Crippen LogP contribution is 2.33. The second kappa shape index (κ2) is 9.91. The number of hydrogen-bond acceptors (Lipinski definition) is 9. The summed E-state index contributed by atoms with van der Waals surface area (Å²) in [6.07, 6.45) is -0.982. The van der Waals surface area contributed by atoms with Crippen LogP contribution in [0.5, 0.6) is 0 Å². The Hall–Kier alpha value is -3.50. The number of likely N-dealkylation sites (tertiary alicyclic amines) is 1. The van der Waals surface area contributed by atoms with Crippen LogP contribution in [-0.4, -0.2) is 95.9 Å². The van der Waals surface area contributed by atoms with E-state index in [2.05, 4.69) is 30.7 Å². The van der Waals surface area contributed by atoms with E-state index >= 15 is 0 Å². The Kier molecular flexibility index (Phi) is 6.89. The molecular formula is C23H26BF4N9O2. The number of aliphatic hydroxyl groups is 2. The number of anilines is 2. The van der Waals surface area contributed by atoms with Crippen molar-refractivity contribution in [1.29, 1.82) is 0 Å². The first-order chi connectivity index (χ1) is 18.3. The highest BCUT2D eigenvalue weighted by Gasteiger charge is 2.44. The summed E-state index contributed by atoms with van der Waals surface area (Å²) in [5.74, 6) is -5.98. The normalized spacial score (nSPS) is 18.3. The van der Waals surface area contributed by atoms with Crippen LogP contribution < -0.4 is 10.6 Å². The monoisotopic (exact) mass is 547 g/mol. The fourth-order valence-electron chi connectivity index (χ4n) is 4.79. The van der Waals surface area contributed by atoms with E-state index in [9.17, 15) is 27.8 Å². The van der Waals surface area contributed by atoms with E-state index < -0.39 is 37.3 Å². The molecule has 0 spiro atoms. The van der Waals surface area contributed by atoms with Crippen molar-refractivity contribution in [2.45, 2.75) is 51.0 Å². The summed E-state index contributed by atoms with van der Waals surface area (Å²) in [4.78, 5) is 14.7. The predicted octanol–water partition coefficient (Wildman–Crippen LogP) is 2.03. The topological polar surface area (TPSA) is 129 Å². The zero-order chi connectivity index (χ0) is 28.1. The minimum absolute atomic E-state index is 0.137. The van der Waals surface area contributed by atoms with E-state index in [0.717, 1.165) is 0 Å². The molecule has 206 valence electrons. The van der Waals surface area contributed by atoms with E-state index in [-0.39, 0.29) is 29.4 Å². The molecule has 4 aromatic rings. The maximum atomic E-state index is 14.8. The van der Waals surface area contributed by atoms with Gasteiger partial charge in [0.25, 0.3) is 12.3 Å². The number of aromatic nitrogens is 6. The van der Waals surface area contributed by atoms with Crippen LogP contribution in [0.3, 0.4) is 0 Å². The maximum Gasteiger partial charge on any atom is 0.280 e. The van der Waals surface area contributed by atoms with Crippen molar-refractivity contribution in [2.75, 3.05) is 30.3 Å². The molecule has 5 rings (SSSR count). The van der Waals surface area contributed by atoms with Crippen LogP contribution in [0.2, 0.25) is 0 Å². The number of imidazole rings is 1. The van der Waals surface area contributed by atoms with Crippen molar-refractivity contribution >= 4 is 36.3 Å². The lowest BCUT2D eigenvalue weighted by Gasteiger charge is -2.38. The maximum absolute atomic E-state index is 14.8.